The number of benzene rings is 4. The monoisotopic (exact) mass is 514 g/mol. The van der Waals surface area contributed by atoms with Gasteiger partial charge < -0.3 is 9.55 Å². The Hall–Kier alpha value is -2.82. The van der Waals surface area contributed by atoms with E-state index >= 15 is 0 Å². The highest BCUT2D eigenvalue weighted by molar-refractivity contribution is 9.13. The Morgan fingerprint density at radius 2 is 1.20 bits per heavy atom. The Labute approximate surface area is 190 Å². The number of nitrogens with zero attached hydrogens (tertiary/aromatic N) is 1. The molecule has 0 amide bonds. The van der Waals surface area contributed by atoms with Gasteiger partial charge in [-0.1, -0.05) is 54.6 Å². The highest BCUT2D eigenvalue weighted by atomic mass is 79.9. The van der Waals surface area contributed by atoms with Crippen molar-refractivity contribution in [3.8, 4) is 16.8 Å². The minimum absolute atomic E-state index is 0.969. The normalized spacial score (nSPS) is 11.7. The van der Waals surface area contributed by atoms with Crippen LogP contribution in [0.1, 0.15) is 0 Å². The van der Waals surface area contributed by atoms with E-state index in [1.807, 2.05) is 0 Å². The van der Waals surface area contributed by atoms with Gasteiger partial charge in [0.05, 0.1) is 20.1 Å². The first-order valence-electron chi connectivity index (χ1n) is 9.76. The zero-order valence-corrected chi connectivity index (χ0v) is 19.0. The Morgan fingerprint density at radius 3 is 1.87 bits per heavy atom. The van der Waals surface area contributed by atoms with Gasteiger partial charge in [0.1, 0.15) is 0 Å². The summed E-state index contributed by atoms with van der Waals surface area (Å²) < 4.78 is 4.37. The summed E-state index contributed by atoms with van der Waals surface area (Å²) in [6.45, 7) is 0. The number of para-hydroxylation sites is 2. The SMILES string of the molecule is Brc1[nH]c2ccc(-c3ccc(-n4c5ccccc5c5ccccc54)cc3)cc2c1Br. The van der Waals surface area contributed by atoms with Crippen LogP contribution >= 0.6 is 31.9 Å². The highest BCUT2D eigenvalue weighted by Crippen LogP contribution is 2.35. The molecule has 0 fully saturated rings. The van der Waals surface area contributed by atoms with Crippen LogP contribution in [-0.4, -0.2) is 9.55 Å². The van der Waals surface area contributed by atoms with Gasteiger partial charge in [-0.2, -0.15) is 0 Å². The van der Waals surface area contributed by atoms with E-state index in [-0.39, 0.29) is 0 Å². The lowest BCUT2D eigenvalue weighted by molar-refractivity contribution is 1.18. The average Bonchev–Trinajstić information content (AvgIpc) is 3.28. The van der Waals surface area contributed by atoms with Crippen LogP contribution in [-0.2, 0) is 0 Å². The fourth-order valence-electron chi connectivity index (χ4n) is 4.31. The molecule has 0 aliphatic rings. The quantitative estimate of drug-likeness (QED) is 0.239. The molecule has 0 spiro atoms. The van der Waals surface area contributed by atoms with Gasteiger partial charge in [0.25, 0.3) is 0 Å². The van der Waals surface area contributed by atoms with E-state index in [4.69, 9.17) is 0 Å². The molecule has 6 rings (SSSR count). The molecule has 2 aromatic heterocycles. The van der Waals surface area contributed by atoms with Crippen molar-refractivity contribution in [1.82, 2.24) is 9.55 Å². The van der Waals surface area contributed by atoms with E-state index in [2.05, 4.69) is 132 Å². The van der Waals surface area contributed by atoms with E-state index in [0.29, 0.717) is 0 Å². The van der Waals surface area contributed by atoms with Gasteiger partial charge >= 0.3 is 0 Å². The molecule has 6 aromatic rings. The summed E-state index contributed by atoms with van der Waals surface area (Å²) in [5, 5.41) is 3.74. The number of H-pyrrole nitrogens is 1. The summed E-state index contributed by atoms with van der Waals surface area (Å²) in [6.07, 6.45) is 0. The van der Waals surface area contributed by atoms with Gasteiger partial charge in [0, 0.05) is 27.4 Å². The van der Waals surface area contributed by atoms with E-state index in [9.17, 15) is 0 Å². The Kier molecular flexibility index (Phi) is 4.12. The first-order chi connectivity index (χ1) is 14.7. The second-order valence-corrected chi connectivity index (χ2v) is 9.02. The third-order valence-corrected chi connectivity index (χ3v) is 7.68. The number of nitrogens with one attached hydrogen (secondary N) is 1. The molecule has 144 valence electrons. The third kappa shape index (κ3) is 2.68. The van der Waals surface area contributed by atoms with Gasteiger partial charge in [-0.25, -0.2) is 0 Å². The number of fused-ring (bicyclic) bond motifs is 4. The molecule has 0 saturated carbocycles. The molecule has 0 bridgehead atoms. The summed E-state index contributed by atoms with van der Waals surface area (Å²) >= 11 is 7.21. The number of rotatable bonds is 2. The molecule has 2 nitrogen and oxygen atoms in total. The lowest BCUT2D eigenvalue weighted by atomic mass is 10.0. The van der Waals surface area contributed by atoms with Crippen molar-refractivity contribution in [3.05, 3.63) is 100 Å². The first-order valence-corrected chi connectivity index (χ1v) is 11.3. The van der Waals surface area contributed by atoms with Gasteiger partial charge in [-0.15, -0.1) is 0 Å². The number of hydrogen-bond acceptors (Lipinski definition) is 0. The molecule has 4 heteroatoms. The summed E-state index contributed by atoms with van der Waals surface area (Å²) in [7, 11) is 0. The number of halogens is 2. The standard InChI is InChI=1S/C26H16Br2N2/c27-25-21-15-17(11-14-22(21)29-26(25)28)16-9-12-18(13-10-16)30-23-7-3-1-5-19(23)20-6-2-4-8-24(20)30/h1-15,29H. The van der Waals surface area contributed by atoms with Crippen molar-refractivity contribution >= 4 is 64.6 Å². The van der Waals surface area contributed by atoms with Crippen molar-refractivity contribution in [2.24, 2.45) is 0 Å². The highest BCUT2D eigenvalue weighted by Gasteiger charge is 2.12. The van der Waals surface area contributed by atoms with Gasteiger partial charge in [-0.05, 0) is 79.4 Å². The maximum atomic E-state index is 3.66. The Balaban J connectivity index is 1.50. The maximum Gasteiger partial charge on any atom is 0.0975 e. The molecular formula is C26H16Br2N2. The summed E-state index contributed by atoms with van der Waals surface area (Å²) in [5.74, 6) is 0. The number of aromatic nitrogens is 2. The summed E-state index contributed by atoms with van der Waals surface area (Å²) in [6, 6.07) is 32.5. The molecule has 0 atom stereocenters. The average molecular weight is 516 g/mol. The molecular weight excluding hydrogens is 500 g/mol. The molecule has 30 heavy (non-hydrogen) atoms. The second kappa shape index (κ2) is 6.86. The zero-order valence-electron chi connectivity index (χ0n) is 15.9. The van der Waals surface area contributed by atoms with Crippen LogP contribution < -0.4 is 0 Å². The van der Waals surface area contributed by atoms with Crippen molar-refractivity contribution in [1.29, 1.82) is 0 Å². The van der Waals surface area contributed by atoms with Crippen LogP contribution in [0.4, 0.5) is 0 Å². The molecule has 4 aromatic carbocycles. The van der Waals surface area contributed by atoms with Gasteiger partial charge in [0.2, 0.25) is 0 Å². The van der Waals surface area contributed by atoms with E-state index < -0.39 is 0 Å². The smallest absolute Gasteiger partial charge is 0.0975 e. The minimum Gasteiger partial charge on any atom is -0.348 e. The summed E-state index contributed by atoms with van der Waals surface area (Å²) in [4.78, 5) is 3.33. The molecule has 0 radical (unpaired) electrons. The maximum absolute atomic E-state index is 3.66. The van der Waals surface area contributed by atoms with Crippen LogP contribution in [0.2, 0.25) is 0 Å². The van der Waals surface area contributed by atoms with Crippen molar-refractivity contribution in [2.45, 2.75) is 0 Å². The van der Waals surface area contributed by atoms with E-state index in [0.717, 1.165) is 14.6 Å². The molecule has 1 N–H and O–H groups in total. The van der Waals surface area contributed by atoms with Crippen molar-refractivity contribution in [2.75, 3.05) is 0 Å². The molecule has 0 aliphatic heterocycles. The van der Waals surface area contributed by atoms with E-state index in [1.54, 1.807) is 0 Å². The van der Waals surface area contributed by atoms with Crippen LogP contribution in [0.15, 0.2) is 100 Å². The first kappa shape index (κ1) is 18.0. The van der Waals surface area contributed by atoms with Gasteiger partial charge in [-0.3, -0.25) is 0 Å². The second-order valence-electron chi connectivity index (χ2n) is 7.43. The van der Waals surface area contributed by atoms with Crippen molar-refractivity contribution in [3.63, 3.8) is 0 Å². The van der Waals surface area contributed by atoms with Crippen LogP contribution in [0.25, 0.3) is 49.5 Å². The largest absolute Gasteiger partial charge is 0.348 e. The Bertz CT molecular complexity index is 1500. The predicted octanol–water partition coefficient (Wildman–Crippen LogP) is 8.46. The van der Waals surface area contributed by atoms with Crippen LogP contribution in [0.5, 0.6) is 0 Å². The lowest BCUT2D eigenvalue weighted by Crippen LogP contribution is -1.93. The predicted molar refractivity (Wildman–Crippen MR) is 133 cm³/mol. The summed E-state index contributed by atoms with van der Waals surface area (Å²) in [5.41, 5.74) is 7.14. The van der Waals surface area contributed by atoms with Crippen molar-refractivity contribution < 1.29 is 0 Å². The molecule has 2 heterocycles. The van der Waals surface area contributed by atoms with Crippen LogP contribution in [0.3, 0.4) is 0 Å². The third-order valence-electron chi connectivity index (χ3n) is 5.73. The number of aromatic amines is 1. The number of hydrogen-bond donors (Lipinski definition) is 1. The van der Waals surface area contributed by atoms with Gasteiger partial charge in [0.15, 0.2) is 0 Å². The molecule has 0 aliphatic carbocycles. The Morgan fingerprint density at radius 1 is 0.600 bits per heavy atom. The zero-order chi connectivity index (χ0) is 20.2. The minimum atomic E-state index is 0.969. The topological polar surface area (TPSA) is 20.7 Å². The fraction of sp³-hybridized carbons (Fsp3) is 0. The molecule has 0 unspecified atom stereocenters. The van der Waals surface area contributed by atoms with E-state index in [1.165, 1.54) is 44.0 Å². The molecule has 0 saturated heterocycles. The lowest BCUT2D eigenvalue weighted by Gasteiger charge is -2.09. The fourth-order valence-corrected chi connectivity index (χ4v) is 5.16. The van der Waals surface area contributed by atoms with Crippen LogP contribution in [0, 0.1) is 0 Å².